The third-order valence-corrected chi connectivity index (χ3v) is 10.0. The maximum Gasteiger partial charge on any atom is 0.331 e. The summed E-state index contributed by atoms with van der Waals surface area (Å²) in [5.41, 5.74) is 2.56. The van der Waals surface area contributed by atoms with E-state index in [-0.39, 0.29) is 23.8 Å². The van der Waals surface area contributed by atoms with E-state index in [0.717, 1.165) is 60.8 Å². The molecule has 47 heavy (non-hydrogen) atoms. The second-order valence-corrected chi connectivity index (χ2v) is 15.3. The van der Waals surface area contributed by atoms with Gasteiger partial charge in [0.15, 0.2) is 5.60 Å². The number of hydrogen-bond acceptors (Lipinski definition) is 6. The molecular weight excluding hydrogens is 592 g/mol. The van der Waals surface area contributed by atoms with E-state index in [1.54, 1.807) is 12.2 Å². The Bertz CT molecular complexity index is 1490. The summed E-state index contributed by atoms with van der Waals surface area (Å²) in [5, 5.41) is 9.05. The van der Waals surface area contributed by atoms with Crippen LogP contribution in [0.4, 0.5) is 0 Å². The highest BCUT2D eigenvalue weighted by molar-refractivity contribution is 5.99. The Kier molecular flexibility index (Phi) is 10.8. The average Bonchev–Trinajstić information content (AvgIpc) is 3.40. The summed E-state index contributed by atoms with van der Waals surface area (Å²) in [5.74, 6) is -0.355. The fourth-order valence-corrected chi connectivity index (χ4v) is 7.78. The van der Waals surface area contributed by atoms with Crippen LogP contribution in [0.5, 0.6) is 0 Å². The predicted molar refractivity (Wildman–Crippen MR) is 184 cm³/mol. The minimum absolute atomic E-state index is 0.0357. The number of hydrogen-bond donors (Lipinski definition) is 1. The number of allylic oxidation sites excluding steroid dienone is 5. The van der Waals surface area contributed by atoms with Gasteiger partial charge in [-0.15, -0.1) is 0 Å². The van der Waals surface area contributed by atoms with Gasteiger partial charge in [-0.1, -0.05) is 40.5 Å². The molecule has 7 heteroatoms. The van der Waals surface area contributed by atoms with Crippen LogP contribution in [0, 0.1) is 11.3 Å². The summed E-state index contributed by atoms with van der Waals surface area (Å²) < 4.78 is 19.2. The molecule has 4 atom stereocenters. The molecule has 0 unspecified atom stereocenters. The zero-order valence-corrected chi connectivity index (χ0v) is 29.8. The maximum absolute atomic E-state index is 13.3. The lowest BCUT2D eigenvalue weighted by molar-refractivity contribution is -0.146. The van der Waals surface area contributed by atoms with Crippen LogP contribution in [0.15, 0.2) is 82.2 Å². The average molecular weight is 647 g/mol. The van der Waals surface area contributed by atoms with Crippen molar-refractivity contribution in [1.29, 1.82) is 0 Å². The first-order valence-corrected chi connectivity index (χ1v) is 17.0. The Morgan fingerprint density at radius 3 is 2.32 bits per heavy atom. The van der Waals surface area contributed by atoms with Gasteiger partial charge in [-0.2, -0.15) is 0 Å². The topological polar surface area (TPSA) is 99.1 Å². The number of aliphatic carboxylic acids is 1. The molecule has 1 spiro atoms. The minimum atomic E-state index is -0.949. The standard InChI is InChI=1S/C40H54O7/c1-26(12-10-13-28(3)21-35(42)43)18-31-23-30(5)40(17-16-37(6,7)47-40)39(25-31,34-24-33(41)38(8,9)46-34)15-11-14-27(2)19-32-20-29(4)22-36(44)45-32/h12,16-17,19,21-24,31-32H,10-11,13-15,18,20,25H2,1-9H3,(H,42,43)/t31-,32+,39+,40+/m0/s1. The van der Waals surface area contributed by atoms with Gasteiger partial charge in [-0.05, 0) is 131 Å². The van der Waals surface area contributed by atoms with Gasteiger partial charge < -0.3 is 19.3 Å². The largest absolute Gasteiger partial charge is 0.483 e. The molecule has 3 aliphatic heterocycles. The van der Waals surface area contributed by atoms with Crippen molar-refractivity contribution >= 4 is 17.7 Å². The van der Waals surface area contributed by atoms with Gasteiger partial charge in [-0.3, -0.25) is 4.79 Å². The number of esters is 1. The van der Waals surface area contributed by atoms with Crippen molar-refractivity contribution in [3.8, 4) is 0 Å². The van der Waals surface area contributed by atoms with Crippen molar-refractivity contribution in [2.24, 2.45) is 11.3 Å². The molecule has 0 aromatic rings. The summed E-state index contributed by atoms with van der Waals surface area (Å²) in [7, 11) is 0. The van der Waals surface area contributed by atoms with Crippen molar-refractivity contribution in [1.82, 2.24) is 0 Å². The lowest BCUT2D eigenvalue weighted by Crippen LogP contribution is -2.55. The zero-order valence-electron chi connectivity index (χ0n) is 29.8. The highest BCUT2D eigenvalue weighted by Gasteiger charge is 2.62. The van der Waals surface area contributed by atoms with E-state index in [4.69, 9.17) is 19.3 Å². The van der Waals surface area contributed by atoms with Crippen LogP contribution in [0.3, 0.4) is 0 Å². The smallest absolute Gasteiger partial charge is 0.331 e. The fraction of sp³-hybridized carbons (Fsp3) is 0.575. The summed E-state index contributed by atoms with van der Waals surface area (Å²) >= 11 is 0. The SMILES string of the molecule is CC(=CC(=O)O)CCC=C(C)C[C@H]1C=C(C)[C@]2(C=CC(C)(C)O2)[C@@](CCCC(C)=C[C@@H]2CC(C)=CC(=O)O2)(C2=CC(=O)C(C)(C)O2)C1. The summed E-state index contributed by atoms with van der Waals surface area (Å²) in [6, 6.07) is 0. The van der Waals surface area contributed by atoms with Crippen LogP contribution in [0.1, 0.15) is 114 Å². The molecule has 0 aromatic carbocycles. The Balaban J connectivity index is 1.66. The van der Waals surface area contributed by atoms with E-state index in [1.165, 1.54) is 11.6 Å². The highest BCUT2D eigenvalue weighted by atomic mass is 16.5. The van der Waals surface area contributed by atoms with Crippen LogP contribution < -0.4 is 0 Å². The van der Waals surface area contributed by atoms with E-state index in [2.05, 4.69) is 65.0 Å². The molecule has 0 aromatic heterocycles. The summed E-state index contributed by atoms with van der Waals surface area (Å²) in [6.45, 7) is 18.0. The Morgan fingerprint density at radius 2 is 1.72 bits per heavy atom. The van der Waals surface area contributed by atoms with E-state index in [1.807, 2.05) is 27.7 Å². The van der Waals surface area contributed by atoms with Crippen LogP contribution in [-0.2, 0) is 28.6 Å². The third kappa shape index (κ3) is 8.35. The Hall–Kier alpha value is -3.45. The van der Waals surface area contributed by atoms with Gasteiger partial charge >= 0.3 is 11.9 Å². The quantitative estimate of drug-likeness (QED) is 0.128. The Labute approximate surface area is 281 Å². The molecule has 4 aliphatic rings. The molecular formula is C40H54O7. The number of carbonyl (C=O) groups excluding carboxylic acids is 2. The number of rotatable bonds is 12. The second-order valence-electron chi connectivity index (χ2n) is 15.3. The lowest BCUT2D eigenvalue weighted by Gasteiger charge is -2.54. The summed E-state index contributed by atoms with van der Waals surface area (Å²) in [6.07, 6.45) is 21.4. The van der Waals surface area contributed by atoms with Crippen LogP contribution >= 0.6 is 0 Å². The molecule has 0 bridgehead atoms. The number of cyclic esters (lactones) is 1. The molecule has 3 heterocycles. The Morgan fingerprint density at radius 1 is 1.00 bits per heavy atom. The molecule has 1 aliphatic carbocycles. The van der Waals surface area contributed by atoms with Crippen LogP contribution in [-0.4, -0.2) is 45.7 Å². The molecule has 256 valence electrons. The van der Waals surface area contributed by atoms with E-state index in [9.17, 15) is 14.4 Å². The van der Waals surface area contributed by atoms with Gasteiger partial charge in [0.1, 0.15) is 17.5 Å². The van der Waals surface area contributed by atoms with Gasteiger partial charge in [-0.25, -0.2) is 9.59 Å². The van der Waals surface area contributed by atoms with Crippen LogP contribution in [0.25, 0.3) is 0 Å². The normalized spacial score (nSPS) is 30.6. The molecule has 0 amide bonds. The molecule has 1 N–H and O–H groups in total. The molecule has 0 saturated carbocycles. The second kappa shape index (κ2) is 14.0. The van der Waals surface area contributed by atoms with Crippen molar-refractivity contribution in [3.05, 3.63) is 82.2 Å². The zero-order chi connectivity index (χ0) is 34.8. The van der Waals surface area contributed by atoms with Gasteiger partial charge in [0.05, 0.1) is 11.0 Å². The van der Waals surface area contributed by atoms with Gasteiger partial charge in [0.2, 0.25) is 5.78 Å². The van der Waals surface area contributed by atoms with Gasteiger partial charge in [0, 0.05) is 24.6 Å². The van der Waals surface area contributed by atoms with Crippen molar-refractivity contribution < 1.29 is 33.7 Å². The number of carboxylic acid groups (broad SMARTS) is 1. The third-order valence-electron chi connectivity index (χ3n) is 10.0. The minimum Gasteiger partial charge on any atom is -0.483 e. The molecule has 0 radical (unpaired) electrons. The van der Waals surface area contributed by atoms with Crippen molar-refractivity contribution in [2.75, 3.05) is 0 Å². The van der Waals surface area contributed by atoms with Crippen molar-refractivity contribution in [2.45, 2.75) is 137 Å². The molecule has 7 nitrogen and oxygen atoms in total. The van der Waals surface area contributed by atoms with E-state index in [0.29, 0.717) is 18.6 Å². The van der Waals surface area contributed by atoms with Crippen molar-refractivity contribution in [3.63, 3.8) is 0 Å². The first kappa shape index (κ1) is 36.4. The number of ether oxygens (including phenoxy) is 3. The number of carbonyl (C=O) groups is 3. The fourth-order valence-electron chi connectivity index (χ4n) is 7.78. The first-order chi connectivity index (χ1) is 21.9. The molecule has 0 fully saturated rings. The monoisotopic (exact) mass is 646 g/mol. The molecule has 0 saturated heterocycles. The first-order valence-electron chi connectivity index (χ1n) is 17.0. The summed E-state index contributed by atoms with van der Waals surface area (Å²) in [4.78, 5) is 36.3. The number of carboxylic acids is 1. The predicted octanol–water partition coefficient (Wildman–Crippen LogP) is 8.83. The van der Waals surface area contributed by atoms with E-state index < -0.39 is 28.2 Å². The van der Waals surface area contributed by atoms with Gasteiger partial charge in [0.25, 0.3) is 0 Å². The maximum atomic E-state index is 13.3. The lowest BCUT2D eigenvalue weighted by atomic mass is 9.56. The highest BCUT2D eigenvalue weighted by Crippen LogP contribution is 2.62. The van der Waals surface area contributed by atoms with Crippen LogP contribution in [0.2, 0.25) is 0 Å². The number of ketones is 1. The molecule has 4 rings (SSSR count). The van der Waals surface area contributed by atoms with E-state index >= 15 is 0 Å².